The molecule has 0 unspecified atom stereocenters. The van der Waals surface area contributed by atoms with Gasteiger partial charge in [0.15, 0.2) is 0 Å². The number of hydrogen-bond acceptors (Lipinski definition) is 5. The summed E-state index contributed by atoms with van der Waals surface area (Å²) in [7, 11) is 1.44. The highest BCUT2D eigenvalue weighted by atomic mass is 32.2. The first-order chi connectivity index (χ1) is 10.3. The molecule has 2 heterocycles. The number of ether oxygens (including phenoxy) is 1. The maximum atomic E-state index is 12.1. The van der Waals surface area contributed by atoms with E-state index in [0.717, 1.165) is 39.3 Å². The van der Waals surface area contributed by atoms with E-state index in [1.807, 2.05) is 18.5 Å². The van der Waals surface area contributed by atoms with Crippen molar-refractivity contribution < 1.29 is 9.53 Å². The molecule has 0 saturated carbocycles. The van der Waals surface area contributed by atoms with Crippen LogP contribution in [0, 0.1) is 0 Å². The van der Waals surface area contributed by atoms with Crippen LogP contribution in [-0.4, -0.2) is 30.1 Å². The van der Waals surface area contributed by atoms with E-state index in [-0.39, 0.29) is 5.97 Å². The van der Waals surface area contributed by atoms with E-state index < -0.39 is 0 Å². The van der Waals surface area contributed by atoms with Crippen molar-refractivity contribution in [3.63, 3.8) is 0 Å². The minimum absolute atomic E-state index is 0.240. The van der Waals surface area contributed by atoms with E-state index in [2.05, 4.69) is 17.1 Å². The Morgan fingerprint density at radius 2 is 2.33 bits per heavy atom. The Kier molecular flexibility index (Phi) is 4.22. The fourth-order valence-corrected chi connectivity index (χ4v) is 4.44. The molecule has 1 aliphatic heterocycles. The minimum atomic E-state index is -0.240. The van der Waals surface area contributed by atoms with Gasteiger partial charge in [-0.1, -0.05) is 6.07 Å². The van der Waals surface area contributed by atoms with Crippen LogP contribution in [0.15, 0.2) is 40.4 Å². The molecule has 108 valence electrons. The molecule has 3 rings (SSSR count). The molecule has 21 heavy (non-hydrogen) atoms. The minimum Gasteiger partial charge on any atom is -0.465 e. The van der Waals surface area contributed by atoms with Crippen LogP contribution in [0.3, 0.4) is 0 Å². The van der Waals surface area contributed by atoms with Crippen molar-refractivity contribution in [2.45, 2.75) is 16.2 Å². The van der Waals surface area contributed by atoms with E-state index in [0.29, 0.717) is 0 Å². The Hall–Kier alpha value is -1.46. The van der Waals surface area contributed by atoms with Crippen LogP contribution in [0.5, 0.6) is 0 Å². The van der Waals surface area contributed by atoms with E-state index in [4.69, 9.17) is 4.74 Å². The summed E-state index contributed by atoms with van der Waals surface area (Å²) in [6.07, 6.45) is 6.54. The van der Waals surface area contributed by atoms with Gasteiger partial charge in [-0.25, -0.2) is 4.79 Å². The molecular weight excluding hydrogens is 302 g/mol. The highest BCUT2D eigenvalue weighted by Crippen LogP contribution is 2.44. The molecule has 3 nitrogen and oxygen atoms in total. The van der Waals surface area contributed by atoms with E-state index >= 15 is 0 Å². The zero-order chi connectivity index (χ0) is 14.8. The van der Waals surface area contributed by atoms with Gasteiger partial charge in [0.2, 0.25) is 0 Å². The van der Waals surface area contributed by atoms with Crippen LogP contribution < -0.4 is 0 Å². The summed E-state index contributed by atoms with van der Waals surface area (Å²) in [4.78, 5) is 18.5. The molecule has 0 fully saturated rings. The van der Waals surface area contributed by atoms with Crippen molar-refractivity contribution >= 4 is 29.5 Å². The van der Waals surface area contributed by atoms with Crippen LogP contribution in [0.1, 0.15) is 15.9 Å². The van der Waals surface area contributed by atoms with Gasteiger partial charge in [-0.05, 0) is 35.9 Å². The fraction of sp³-hybridized carbons (Fsp3) is 0.250. The average molecular weight is 317 g/mol. The van der Waals surface area contributed by atoms with Crippen molar-refractivity contribution in [1.29, 1.82) is 0 Å². The Morgan fingerprint density at radius 3 is 3.00 bits per heavy atom. The zero-order valence-corrected chi connectivity index (χ0v) is 13.5. The topological polar surface area (TPSA) is 39.2 Å². The number of carbonyl (C=O) groups excluding carboxylic acids is 1. The second-order valence-corrected chi connectivity index (χ2v) is 6.59. The number of rotatable bonds is 3. The number of esters is 1. The van der Waals surface area contributed by atoms with Gasteiger partial charge in [-0.2, -0.15) is 0 Å². The highest BCUT2D eigenvalue weighted by molar-refractivity contribution is 8.00. The van der Waals surface area contributed by atoms with Crippen molar-refractivity contribution in [2.75, 3.05) is 19.1 Å². The van der Waals surface area contributed by atoms with Crippen molar-refractivity contribution in [2.24, 2.45) is 0 Å². The maximum Gasteiger partial charge on any atom is 0.339 e. The van der Waals surface area contributed by atoms with Crippen molar-refractivity contribution in [1.82, 2.24) is 4.98 Å². The molecule has 0 spiro atoms. The van der Waals surface area contributed by atoms with Crippen LogP contribution >= 0.6 is 23.5 Å². The van der Waals surface area contributed by atoms with E-state index in [1.54, 1.807) is 29.7 Å². The Bertz CT molecular complexity index is 686. The zero-order valence-electron chi connectivity index (χ0n) is 11.9. The molecule has 5 heteroatoms. The molecule has 0 bridgehead atoms. The smallest absolute Gasteiger partial charge is 0.339 e. The van der Waals surface area contributed by atoms with Gasteiger partial charge in [0.05, 0.1) is 12.7 Å². The third kappa shape index (κ3) is 2.56. The molecule has 1 aromatic heterocycles. The molecule has 0 radical (unpaired) electrons. The Balaban J connectivity index is 2.25. The summed E-state index contributed by atoms with van der Waals surface area (Å²) in [6, 6.07) is 6.09. The highest BCUT2D eigenvalue weighted by Gasteiger charge is 2.27. The monoisotopic (exact) mass is 317 g/mol. The standard InChI is InChI=1S/C16H15NO2S2/c1-19-16(18)14-11-5-7-21-15(11)12(8-13(14)20-2)10-4-3-6-17-9-10/h3-4,6,8-9H,5,7H2,1-2H3. The first kappa shape index (κ1) is 14.5. The van der Waals surface area contributed by atoms with Gasteiger partial charge in [0.1, 0.15) is 0 Å². The summed E-state index contributed by atoms with van der Waals surface area (Å²) >= 11 is 3.39. The largest absolute Gasteiger partial charge is 0.465 e. The third-order valence-electron chi connectivity index (χ3n) is 3.52. The summed E-state index contributed by atoms with van der Waals surface area (Å²) in [5.74, 6) is 0.764. The van der Waals surface area contributed by atoms with Crippen LogP contribution in [0.25, 0.3) is 11.1 Å². The van der Waals surface area contributed by atoms with Gasteiger partial charge in [0.25, 0.3) is 0 Å². The fourth-order valence-electron chi connectivity index (χ4n) is 2.58. The number of nitrogens with zero attached hydrogens (tertiary/aromatic N) is 1. The lowest BCUT2D eigenvalue weighted by Crippen LogP contribution is -2.08. The second-order valence-electron chi connectivity index (χ2n) is 4.64. The normalized spacial score (nSPS) is 13.0. The number of thioether (sulfide) groups is 2. The Labute approximate surface area is 132 Å². The van der Waals surface area contributed by atoms with Crippen LogP contribution in [-0.2, 0) is 11.2 Å². The number of benzene rings is 1. The lowest BCUT2D eigenvalue weighted by molar-refractivity contribution is 0.0595. The molecule has 1 aromatic carbocycles. The molecule has 0 aliphatic carbocycles. The van der Waals surface area contributed by atoms with Crippen LogP contribution in [0.4, 0.5) is 0 Å². The number of pyridine rings is 1. The number of methoxy groups -OCH3 is 1. The molecule has 0 amide bonds. The summed E-state index contributed by atoms with van der Waals surface area (Å²) in [5, 5.41) is 0. The number of hydrogen-bond donors (Lipinski definition) is 0. The predicted octanol–water partition coefficient (Wildman–Crippen LogP) is 3.91. The number of fused-ring (bicyclic) bond motifs is 1. The molecular formula is C16H15NO2S2. The summed E-state index contributed by atoms with van der Waals surface area (Å²) in [5.41, 5.74) is 4.11. The maximum absolute atomic E-state index is 12.1. The van der Waals surface area contributed by atoms with Crippen LogP contribution in [0.2, 0.25) is 0 Å². The van der Waals surface area contributed by atoms with Gasteiger partial charge in [-0.15, -0.1) is 23.5 Å². The molecule has 0 N–H and O–H groups in total. The first-order valence-electron chi connectivity index (χ1n) is 6.61. The summed E-state index contributed by atoms with van der Waals surface area (Å²) in [6.45, 7) is 0. The summed E-state index contributed by atoms with van der Waals surface area (Å²) < 4.78 is 4.98. The predicted molar refractivity (Wildman–Crippen MR) is 87.2 cm³/mol. The third-order valence-corrected chi connectivity index (χ3v) is 5.45. The van der Waals surface area contributed by atoms with E-state index in [9.17, 15) is 4.79 Å². The van der Waals surface area contributed by atoms with E-state index in [1.165, 1.54) is 12.0 Å². The van der Waals surface area contributed by atoms with Gasteiger partial charge in [0, 0.05) is 33.5 Å². The SMILES string of the molecule is COC(=O)c1c(SC)cc(-c2cccnc2)c2c1CCS2. The van der Waals surface area contributed by atoms with Gasteiger partial charge >= 0.3 is 5.97 Å². The number of aromatic nitrogens is 1. The molecule has 0 atom stereocenters. The van der Waals surface area contributed by atoms with Gasteiger partial charge < -0.3 is 4.74 Å². The van der Waals surface area contributed by atoms with Crippen molar-refractivity contribution in [3.8, 4) is 11.1 Å². The average Bonchev–Trinajstić information content (AvgIpc) is 3.02. The molecule has 2 aromatic rings. The molecule has 0 saturated heterocycles. The lowest BCUT2D eigenvalue weighted by atomic mass is 9.98. The Morgan fingerprint density at radius 1 is 1.48 bits per heavy atom. The van der Waals surface area contributed by atoms with Gasteiger partial charge in [-0.3, -0.25) is 4.98 Å². The quantitative estimate of drug-likeness (QED) is 0.634. The second kappa shape index (κ2) is 6.12. The lowest BCUT2D eigenvalue weighted by Gasteiger charge is -2.15. The number of carbonyl (C=O) groups is 1. The first-order valence-corrected chi connectivity index (χ1v) is 8.82. The van der Waals surface area contributed by atoms with Crippen molar-refractivity contribution in [3.05, 3.63) is 41.7 Å². The molecule has 1 aliphatic rings.